The lowest BCUT2D eigenvalue weighted by atomic mass is 10.1. The third-order valence-corrected chi connectivity index (χ3v) is 6.54. The number of amides is 1. The van der Waals surface area contributed by atoms with Gasteiger partial charge in [0.1, 0.15) is 17.1 Å². The van der Waals surface area contributed by atoms with Gasteiger partial charge in [-0.15, -0.1) is 0 Å². The summed E-state index contributed by atoms with van der Waals surface area (Å²) in [5.74, 6) is 1.21. The van der Waals surface area contributed by atoms with Gasteiger partial charge in [-0.25, -0.2) is 0 Å². The fourth-order valence-corrected chi connectivity index (χ4v) is 4.74. The van der Waals surface area contributed by atoms with Crippen molar-refractivity contribution in [3.05, 3.63) is 112 Å². The average molecular weight is 467 g/mol. The molecule has 1 amide bonds. The highest BCUT2D eigenvalue weighted by Gasteiger charge is 2.28. The molecular weight excluding hydrogens is 440 g/mol. The van der Waals surface area contributed by atoms with Gasteiger partial charge in [0.2, 0.25) is 0 Å². The van der Waals surface area contributed by atoms with Crippen LogP contribution in [0.1, 0.15) is 33.9 Å². The van der Waals surface area contributed by atoms with E-state index in [1.165, 1.54) is 0 Å². The van der Waals surface area contributed by atoms with Crippen LogP contribution in [0.25, 0.3) is 11.1 Å². The quantitative estimate of drug-likeness (QED) is 0.418. The lowest BCUT2D eigenvalue weighted by molar-refractivity contribution is 0.102. The number of pyridine rings is 1. The second-order valence-corrected chi connectivity index (χ2v) is 8.48. The Labute approximate surface area is 203 Å². The predicted octanol–water partition coefficient (Wildman–Crippen LogP) is 5.32. The molecule has 0 aliphatic heterocycles. The number of benzene rings is 3. The smallest absolute Gasteiger partial charge is 0.263 e. The Bertz CT molecular complexity index is 1420. The highest BCUT2D eigenvalue weighted by molar-refractivity contribution is 6.04. The summed E-state index contributed by atoms with van der Waals surface area (Å²) in [6, 6.07) is 24.4. The first kappa shape index (κ1) is 22.5. The van der Waals surface area contributed by atoms with E-state index in [1.54, 1.807) is 37.1 Å². The zero-order valence-corrected chi connectivity index (χ0v) is 19.7. The Morgan fingerprint density at radius 1 is 0.886 bits per heavy atom. The van der Waals surface area contributed by atoms with E-state index >= 15 is 0 Å². The molecule has 0 saturated heterocycles. The van der Waals surface area contributed by atoms with Crippen LogP contribution in [0.15, 0.2) is 89.9 Å². The first-order valence-corrected chi connectivity index (χ1v) is 11.5. The number of rotatable bonds is 6. The van der Waals surface area contributed by atoms with Gasteiger partial charge in [-0.05, 0) is 77.6 Å². The van der Waals surface area contributed by atoms with Gasteiger partial charge in [-0.3, -0.25) is 9.59 Å². The van der Waals surface area contributed by atoms with Gasteiger partial charge in [0.15, 0.2) is 0 Å². The minimum Gasteiger partial charge on any atom is -0.497 e. The normalized spacial score (nSPS) is 14.3. The zero-order valence-electron chi connectivity index (χ0n) is 19.7. The predicted molar refractivity (Wildman–Crippen MR) is 137 cm³/mol. The summed E-state index contributed by atoms with van der Waals surface area (Å²) in [4.78, 5) is 26.3. The molecule has 176 valence electrons. The fraction of sp³-hybridized carbons (Fsp3) is 0.172. The van der Waals surface area contributed by atoms with Crippen LogP contribution in [0.4, 0.5) is 5.69 Å². The molecule has 6 nitrogen and oxygen atoms in total. The molecule has 0 saturated carbocycles. The summed E-state index contributed by atoms with van der Waals surface area (Å²) < 4.78 is 12.4. The molecule has 1 N–H and O–H groups in total. The van der Waals surface area contributed by atoms with Crippen molar-refractivity contribution in [2.45, 2.75) is 18.9 Å². The molecule has 4 aromatic rings. The van der Waals surface area contributed by atoms with Gasteiger partial charge >= 0.3 is 0 Å². The fourth-order valence-electron chi connectivity index (χ4n) is 4.74. The van der Waals surface area contributed by atoms with Crippen LogP contribution in [0, 0.1) is 0 Å². The Balaban J connectivity index is 1.36. The van der Waals surface area contributed by atoms with Crippen LogP contribution < -0.4 is 20.3 Å². The van der Waals surface area contributed by atoms with Crippen molar-refractivity contribution in [1.29, 1.82) is 0 Å². The van der Waals surface area contributed by atoms with Crippen molar-refractivity contribution in [3.63, 3.8) is 0 Å². The number of hydrogen-bond acceptors (Lipinski definition) is 4. The summed E-state index contributed by atoms with van der Waals surface area (Å²) in [6.45, 7) is 0. The molecule has 35 heavy (non-hydrogen) atoms. The van der Waals surface area contributed by atoms with E-state index in [-0.39, 0.29) is 17.2 Å². The molecule has 1 aliphatic rings. The van der Waals surface area contributed by atoms with E-state index in [0.29, 0.717) is 5.69 Å². The Hall–Kier alpha value is -4.32. The summed E-state index contributed by atoms with van der Waals surface area (Å²) in [5.41, 5.74) is 4.68. The molecule has 1 atom stereocenters. The first-order chi connectivity index (χ1) is 17.1. The topological polar surface area (TPSA) is 69.6 Å². The van der Waals surface area contributed by atoms with Crippen molar-refractivity contribution in [2.75, 3.05) is 19.5 Å². The molecule has 3 aromatic carbocycles. The maximum absolute atomic E-state index is 13.3. The molecule has 1 aromatic heterocycles. The molecule has 0 fully saturated rings. The minimum atomic E-state index is -0.426. The van der Waals surface area contributed by atoms with E-state index < -0.39 is 5.91 Å². The van der Waals surface area contributed by atoms with Crippen LogP contribution in [0.2, 0.25) is 0 Å². The second-order valence-electron chi connectivity index (χ2n) is 8.48. The largest absolute Gasteiger partial charge is 0.497 e. The van der Waals surface area contributed by atoms with Gasteiger partial charge in [0, 0.05) is 11.9 Å². The number of anilines is 1. The molecule has 0 radical (unpaired) electrons. The second kappa shape index (κ2) is 9.50. The van der Waals surface area contributed by atoms with Gasteiger partial charge in [0.05, 0.1) is 20.3 Å². The van der Waals surface area contributed by atoms with Crippen LogP contribution in [-0.4, -0.2) is 24.7 Å². The third-order valence-electron chi connectivity index (χ3n) is 6.54. The van der Waals surface area contributed by atoms with E-state index in [4.69, 9.17) is 9.47 Å². The molecule has 0 bridgehead atoms. The maximum Gasteiger partial charge on any atom is 0.263 e. The van der Waals surface area contributed by atoms with Crippen molar-refractivity contribution < 1.29 is 14.3 Å². The molecule has 5 rings (SSSR count). The van der Waals surface area contributed by atoms with E-state index in [9.17, 15) is 9.59 Å². The van der Waals surface area contributed by atoms with Gasteiger partial charge < -0.3 is 19.4 Å². The molecule has 1 heterocycles. The number of ether oxygens (including phenoxy) is 2. The molecule has 1 aliphatic carbocycles. The summed E-state index contributed by atoms with van der Waals surface area (Å²) in [5, 5.41) is 2.86. The average Bonchev–Trinajstić information content (AvgIpc) is 3.33. The van der Waals surface area contributed by atoms with Crippen molar-refractivity contribution >= 4 is 11.6 Å². The Morgan fingerprint density at radius 3 is 2.29 bits per heavy atom. The number of aromatic nitrogens is 1. The zero-order chi connectivity index (χ0) is 24.4. The number of hydrogen-bond donors (Lipinski definition) is 1. The highest BCUT2D eigenvalue weighted by Crippen LogP contribution is 2.38. The van der Waals surface area contributed by atoms with E-state index in [0.717, 1.165) is 46.6 Å². The monoisotopic (exact) mass is 466 g/mol. The summed E-state index contributed by atoms with van der Waals surface area (Å²) in [6.07, 6.45) is 3.36. The lowest BCUT2D eigenvalue weighted by Crippen LogP contribution is -2.30. The number of nitrogens with one attached hydrogen (secondary N) is 1. The van der Waals surface area contributed by atoms with Gasteiger partial charge in [-0.2, -0.15) is 0 Å². The van der Waals surface area contributed by atoms with E-state index in [2.05, 4.69) is 5.32 Å². The van der Waals surface area contributed by atoms with Crippen LogP contribution >= 0.6 is 0 Å². The maximum atomic E-state index is 13.3. The number of methoxy groups -OCH3 is 2. The number of nitrogens with zero attached hydrogens (tertiary/aromatic N) is 1. The molecule has 0 spiro atoms. The van der Waals surface area contributed by atoms with Crippen LogP contribution in [-0.2, 0) is 6.42 Å². The Morgan fingerprint density at radius 2 is 1.60 bits per heavy atom. The highest BCUT2D eigenvalue weighted by atomic mass is 16.5. The van der Waals surface area contributed by atoms with Gasteiger partial charge in [-0.1, -0.05) is 36.4 Å². The Kier molecular flexibility index (Phi) is 6.10. The van der Waals surface area contributed by atoms with Crippen LogP contribution in [0.5, 0.6) is 11.5 Å². The van der Waals surface area contributed by atoms with E-state index in [1.807, 2.05) is 66.7 Å². The SMILES string of the molecule is COc1ccc(-c2ccc(NC(=O)c3cccn(C4CCc5c(OC)cccc54)c3=O)cc2)cc1. The first-order valence-electron chi connectivity index (χ1n) is 11.5. The van der Waals surface area contributed by atoms with Crippen molar-refractivity contribution in [1.82, 2.24) is 4.57 Å². The number of fused-ring (bicyclic) bond motifs is 1. The number of carbonyl (C=O) groups is 1. The van der Waals surface area contributed by atoms with Gasteiger partial charge in [0.25, 0.3) is 11.5 Å². The summed E-state index contributed by atoms with van der Waals surface area (Å²) >= 11 is 0. The van der Waals surface area contributed by atoms with Crippen molar-refractivity contribution in [3.8, 4) is 22.6 Å². The molecule has 6 heteroatoms. The number of carbonyl (C=O) groups excluding carboxylic acids is 1. The minimum absolute atomic E-state index is 0.114. The summed E-state index contributed by atoms with van der Waals surface area (Å²) in [7, 11) is 3.29. The molecule has 1 unspecified atom stereocenters. The van der Waals surface area contributed by atoms with Crippen LogP contribution in [0.3, 0.4) is 0 Å². The third kappa shape index (κ3) is 4.30. The molecular formula is C29H26N2O4. The lowest BCUT2D eigenvalue weighted by Gasteiger charge is -2.17. The van der Waals surface area contributed by atoms with Crippen molar-refractivity contribution in [2.24, 2.45) is 0 Å². The standard InChI is InChI=1S/C29H26N2O4/c1-34-22-14-10-20(11-15-22)19-8-12-21(13-9-19)30-28(32)25-6-4-18-31(29(25)33)26-17-16-24-23(26)5-3-7-27(24)35-2/h3-15,18,26H,16-17H2,1-2H3,(H,30,32).